The third-order valence-electron chi connectivity index (χ3n) is 1.57. The number of aromatic nitrogens is 4. The molecule has 0 radical (unpaired) electrons. The lowest BCUT2D eigenvalue weighted by Crippen LogP contribution is -2.13. The van der Waals surface area contributed by atoms with Crippen molar-refractivity contribution in [2.24, 2.45) is 0 Å². The Morgan fingerprint density at radius 1 is 1.50 bits per heavy atom. The first kappa shape index (κ1) is 10.2. The van der Waals surface area contributed by atoms with Crippen LogP contribution in [0.15, 0.2) is 19.2 Å². The average Bonchev–Trinajstić information content (AvgIpc) is 2.45. The van der Waals surface area contributed by atoms with Gasteiger partial charge in [0.2, 0.25) is 5.65 Å². The molecule has 0 amide bonds. The topological polar surface area (TPSA) is 63.1 Å². The van der Waals surface area contributed by atoms with E-state index in [1.165, 1.54) is 16.3 Å². The third-order valence-corrected chi connectivity index (χ3v) is 3.94. The minimum atomic E-state index is -0.254. The summed E-state index contributed by atoms with van der Waals surface area (Å²) in [5.74, 6) is 0. The van der Waals surface area contributed by atoms with Crippen molar-refractivity contribution >= 4 is 49.3 Å². The zero-order chi connectivity index (χ0) is 10.3. The van der Waals surface area contributed by atoms with Crippen LogP contribution < -0.4 is 5.56 Å². The van der Waals surface area contributed by atoms with E-state index in [-0.39, 0.29) is 11.2 Å². The molecule has 0 saturated carbocycles. The molecule has 74 valence electrons. The van der Waals surface area contributed by atoms with Gasteiger partial charge < -0.3 is 0 Å². The van der Waals surface area contributed by atoms with Gasteiger partial charge in [0, 0.05) is 0 Å². The maximum Gasteiger partial charge on any atom is 0.295 e. The molecule has 2 heterocycles. The molecule has 8 heteroatoms. The summed E-state index contributed by atoms with van der Waals surface area (Å²) in [7, 11) is 0. The molecule has 14 heavy (non-hydrogen) atoms. The van der Waals surface area contributed by atoms with Gasteiger partial charge in [-0.05, 0) is 38.1 Å². The van der Waals surface area contributed by atoms with Crippen molar-refractivity contribution in [1.29, 1.82) is 0 Å². The van der Waals surface area contributed by atoms with E-state index in [2.05, 4.69) is 46.9 Å². The van der Waals surface area contributed by atoms with Gasteiger partial charge in [0.25, 0.3) is 5.56 Å². The SMILES string of the molecule is CSc1nn2c(Br)c(Br)nc2c(=O)[nH]1. The molecule has 0 aliphatic carbocycles. The van der Waals surface area contributed by atoms with Crippen LogP contribution in [0.2, 0.25) is 0 Å². The van der Waals surface area contributed by atoms with Gasteiger partial charge in [-0.25, -0.2) is 4.98 Å². The summed E-state index contributed by atoms with van der Waals surface area (Å²) >= 11 is 7.85. The van der Waals surface area contributed by atoms with Crippen LogP contribution in [0.3, 0.4) is 0 Å². The summed E-state index contributed by atoms with van der Waals surface area (Å²) in [6, 6.07) is 0. The first-order chi connectivity index (χ1) is 6.63. The van der Waals surface area contributed by atoms with Gasteiger partial charge >= 0.3 is 0 Å². The first-order valence-corrected chi connectivity index (χ1v) is 6.32. The highest BCUT2D eigenvalue weighted by Crippen LogP contribution is 2.21. The fourth-order valence-electron chi connectivity index (χ4n) is 0.966. The second kappa shape index (κ2) is 3.67. The lowest BCUT2D eigenvalue weighted by atomic mass is 10.8. The van der Waals surface area contributed by atoms with Crippen LogP contribution in [0, 0.1) is 0 Å². The molecule has 2 aromatic heterocycles. The summed E-state index contributed by atoms with van der Waals surface area (Å²) in [4.78, 5) is 18.1. The van der Waals surface area contributed by atoms with Crippen LogP contribution >= 0.6 is 43.6 Å². The number of rotatable bonds is 1. The van der Waals surface area contributed by atoms with Crippen LogP contribution in [0.4, 0.5) is 0 Å². The smallest absolute Gasteiger partial charge is 0.295 e. The Hall–Kier alpha value is -0.340. The molecule has 0 aliphatic heterocycles. The number of halogens is 2. The van der Waals surface area contributed by atoms with Crippen molar-refractivity contribution in [3.8, 4) is 0 Å². The highest BCUT2D eigenvalue weighted by atomic mass is 79.9. The van der Waals surface area contributed by atoms with Crippen LogP contribution in [-0.2, 0) is 0 Å². The standard InChI is InChI=1S/C6H4Br2N4OS/c1-14-6-10-5(13)4-9-2(7)3(8)12(4)11-6/h1H3,(H,10,11,13). The molecule has 0 fully saturated rings. The molecular weight excluding hydrogens is 336 g/mol. The van der Waals surface area contributed by atoms with Gasteiger partial charge in [0.15, 0.2) is 5.16 Å². The van der Waals surface area contributed by atoms with E-state index in [0.717, 1.165) is 0 Å². The van der Waals surface area contributed by atoms with E-state index in [1.54, 1.807) is 0 Å². The van der Waals surface area contributed by atoms with Crippen molar-refractivity contribution in [3.63, 3.8) is 0 Å². The van der Waals surface area contributed by atoms with Crippen LogP contribution in [-0.4, -0.2) is 25.8 Å². The number of imidazole rings is 1. The molecule has 0 unspecified atom stereocenters. The predicted octanol–water partition coefficient (Wildman–Crippen LogP) is 1.66. The van der Waals surface area contributed by atoms with Gasteiger partial charge in [-0.15, -0.1) is 5.10 Å². The number of hydrogen-bond donors (Lipinski definition) is 1. The summed E-state index contributed by atoms with van der Waals surface area (Å²) < 4.78 is 2.65. The Morgan fingerprint density at radius 2 is 2.21 bits per heavy atom. The summed E-state index contributed by atoms with van der Waals surface area (Å²) in [5.41, 5.74) is 0.0114. The molecule has 0 bridgehead atoms. The highest BCUT2D eigenvalue weighted by molar-refractivity contribution is 9.13. The molecule has 0 saturated heterocycles. The lowest BCUT2D eigenvalue weighted by Gasteiger charge is -1.96. The zero-order valence-corrected chi connectivity index (χ0v) is 10.9. The number of hydrogen-bond acceptors (Lipinski definition) is 4. The molecule has 0 aromatic carbocycles. The quantitative estimate of drug-likeness (QED) is 0.803. The van der Waals surface area contributed by atoms with Gasteiger partial charge in [0.1, 0.15) is 9.21 Å². The normalized spacial score (nSPS) is 11.1. The fourth-order valence-corrected chi connectivity index (χ4v) is 2.00. The van der Waals surface area contributed by atoms with E-state index in [4.69, 9.17) is 0 Å². The number of nitrogens with zero attached hydrogens (tertiary/aromatic N) is 3. The van der Waals surface area contributed by atoms with Crippen molar-refractivity contribution in [3.05, 3.63) is 19.6 Å². The number of aromatic amines is 1. The number of fused-ring (bicyclic) bond motifs is 1. The third kappa shape index (κ3) is 1.51. The molecule has 5 nitrogen and oxygen atoms in total. The second-order valence-corrected chi connectivity index (χ2v) is 4.69. The first-order valence-electron chi connectivity index (χ1n) is 3.51. The molecule has 1 N–H and O–H groups in total. The van der Waals surface area contributed by atoms with E-state index in [9.17, 15) is 4.79 Å². The number of nitrogens with one attached hydrogen (secondary N) is 1. The maximum atomic E-state index is 11.5. The monoisotopic (exact) mass is 338 g/mol. The summed E-state index contributed by atoms with van der Waals surface area (Å²) in [5, 5.41) is 4.71. The number of H-pyrrole nitrogens is 1. The molecule has 0 atom stereocenters. The predicted molar refractivity (Wildman–Crippen MR) is 60.8 cm³/mol. The van der Waals surface area contributed by atoms with Crippen molar-refractivity contribution < 1.29 is 0 Å². The molecule has 2 aromatic rings. The largest absolute Gasteiger partial charge is 0.297 e. The Morgan fingerprint density at radius 3 is 2.86 bits per heavy atom. The van der Waals surface area contributed by atoms with E-state index in [0.29, 0.717) is 14.4 Å². The maximum absolute atomic E-state index is 11.5. The van der Waals surface area contributed by atoms with E-state index < -0.39 is 0 Å². The van der Waals surface area contributed by atoms with Crippen molar-refractivity contribution in [2.45, 2.75) is 5.16 Å². The van der Waals surface area contributed by atoms with Crippen molar-refractivity contribution in [1.82, 2.24) is 19.6 Å². The zero-order valence-electron chi connectivity index (χ0n) is 6.91. The van der Waals surface area contributed by atoms with Crippen LogP contribution in [0.5, 0.6) is 0 Å². The second-order valence-electron chi connectivity index (χ2n) is 2.39. The van der Waals surface area contributed by atoms with Crippen LogP contribution in [0.25, 0.3) is 5.65 Å². The fraction of sp³-hybridized carbons (Fsp3) is 0.167. The highest BCUT2D eigenvalue weighted by Gasteiger charge is 2.12. The lowest BCUT2D eigenvalue weighted by molar-refractivity contribution is 0.769. The van der Waals surface area contributed by atoms with Crippen molar-refractivity contribution in [2.75, 3.05) is 6.26 Å². The summed E-state index contributed by atoms with van der Waals surface area (Å²) in [6.45, 7) is 0. The molecule has 0 spiro atoms. The average molecular weight is 340 g/mol. The van der Waals surface area contributed by atoms with Gasteiger partial charge in [0.05, 0.1) is 0 Å². The Bertz CT molecular complexity index is 548. The molecular formula is C6H4Br2N4OS. The molecule has 0 aliphatic rings. The van der Waals surface area contributed by atoms with E-state index >= 15 is 0 Å². The Labute approximate surface area is 99.6 Å². The Kier molecular flexibility index (Phi) is 2.67. The van der Waals surface area contributed by atoms with Gasteiger partial charge in [-0.3, -0.25) is 9.78 Å². The van der Waals surface area contributed by atoms with Gasteiger partial charge in [-0.2, -0.15) is 4.52 Å². The van der Waals surface area contributed by atoms with E-state index in [1.807, 2.05) is 6.26 Å². The van der Waals surface area contributed by atoms with Gasteiger partial charge in [-0.1, -0.05) is 11.8 Å². The summed E-state index contributed by atoms with van der Waals surface area (Å²) in [6.07, 6.45) is 1.84. The minimum absolute atomic E-state index is 0.254. The van der Waals surface area contributed by atoms with Crippen LogP contribution in [0.1, 0.15) is 0 Å². The molecule has 2 rings (SSSR count). The minimum Gasteiger partial charge on any atom is -0.297 e. The Balaban J connectivity index is 2.91. The number of thioether (sulfide) groups is 1.